The minimum absolute atomic E-state index is 0.163. The molecule has 104 valence electrons. The summed E-state index contributed by atoms with van der Waals surface area (Å²) >= 11 is 0. The lowest BCUT2D eigenvalue weighted by atomic mass is 10.1. The molecule has 1 aromatic rings. The number of carbonyl (C=O) groups excluding carboxylic acids is 2. The van der Waals surface area contributed by atoms with Crippen molar-refractivity contribution in [2.24, 2.45) is 11.5 Å². The molecular weight excluding hydrogens is 244 g/mol. The van der Waals surface area contributed by atoms with Gasteiger partial charge in [-0.05, 0) is 31.8 Å². The Morgan fingerprint density at radius 2 is 2.05 bits per heavy atom. The van der Waals surface area contributed by atoms with Crippen molar-refractivity contribution in [2.45, 2.75) is 19.0 Å². The van der Waals surface area contributed by atoms with Crippen LogP contribution in [0.1, 0.15) is 12.0 Å². The van der Waals surface area contributed by atoms with E-state index >= 15 is 0 Å². The number of hydrogen-bond acceptors (Lipinski definition) is 4. The van der Waals surface area contributed by atoms with Gasteiger partial charge in [0.2, 0.25) is 11.8 Å². The highest BCUT2D eigenvalue weighted by Gasteiger charge is 2.16. The number of amides is 2. The standard InChI is InChI=1S/C13H20N4O2/c1-17(2)8-9-4-3-5-10(6-9)16-13(19)11(14)7-12(15)18/h3-6,11H,7-8,14H2,1-2H3,(H2,15,18)(H,16,19). The lowest BCUT2D eigenvalue weighted by molar-refractivity contribution is -0.123. The van der Waals surface area contributed by atoms with E-state index in [4.69, 9.17) is 11.5 Å². The van der Waals surface area contributed by atoms with E-state index in [0.29, 0.717) is 5.69 Å². The molecule has 0 spiro atoms. The zero-order chi connectivity index (χ0) is 14.4. The summed E-state index contributed by atoms with van der Waals surface area (Å²) < 4.78 is 0. The van der Waals surface area contributed by atoms with Crippen molar-refractivity contribution in [1.29, 1.82) is 0 Å². The number of nitrogens with one attached hydrogen (secondary N) is 1. The molecule has 0 aliphatic heterocycles. The van der Waals surface area contributed by atoms with Crippen molar-refractivity contribution in [3.05, 3.63) is 29.8 Å². The maximum Gasteiger partial charge on any atom is 0.241 e. The normalized spacial score (nSPS) is 12.2. The fourth-order valence-corrected chi connectivity index (χ4v) is 1.66. The molecule has 0 radical (unpaired) electrons. The van der Waals surface area contributed by atoms with Gasteiger partial charge in [0.05, 0.1) is 12.5 Å². The number of benzene rings is 1. The number of primary amides is 1. The Kier molecular flexibility index (Phi) is 5.47. The molecule has 0 aromatic heterocycles. The molecule has 0 fully saturated rings. The molecule has 2 amide bonds. The summed E-state index contributed by atoms with van der Waals surface area (Å²) in [5.41, 5.74) is 12.3. The summed E-state index contributed by atoms with van der Waals surface area (Å²) in [6.45, 7) is 0.775. The monoisotopic (exact) mass is 264 g/mol. The maximum absolute atomic E-state index is 11.7. The molecule has 6 nitrogen and oxygen atoms in total. The molecule has 0 saturated heterocycles. The van der Waals surface area contributed by atoms with Gasteiger partial charge in [0, 0.05) is 12.2 Å². The molecule has 19 heavy (non-hydrogen) atoms. The van der Waals surface area contributed by atoms with E-state index in [1.165, 1.54) is 0 Å². The van der Waals surface area contributed by atoms with Gasteiger partial charge in [0.25, 0.3) is 0 Å². The average Bonchev–Trinajstić information content (AvgIpc) is 2.27. The first-order valence-corrected chi connectivity index (χ1v) is 5.97. The van der Waals surface area contributed by atoms with Crippen LogP contribution in [0.3, 0.4) is 0 Å². The van der Waals surface area contributed by atoms with Crippen molar-refractivity contribution >= 4 is 17.5 Å². The third-order valence-corrected chi connectivity index (χ3v) is 2.45. The molecule has 1 atom stereocenters. The fraction of sp³-hybridized carbons (Fsp3) is 0.385. The van der Waals surface area contributed by atoms with E-state index in [1.54, 1.807) is 6.07 Å². The molecule has 0 aliphatic carbocycles. The number of carbonyl (C=O) groups is 2. The Morgan fingerprint density at radius 1 is 1.37 bits per heavy atom. The second-order valence-electron chi connectivity index (χ2n) is 4.70. The molecule has 6 heteroatoms. The first kappa shape index (κ1) is 15.1. The second kappa shape index (κ2) is 6.86. The first-order chi connectivity index (χ1) is 8.88. The van der Waals surface area contributed by atoms with Crippen molar-refractivity contribution in [1.82, 2.24) is 4.90 Å². The highest BCUT2D eigenvalue weighted by Crippen LogP contribution is 2.12. The van der Waals surface area contributed by atoms with Crippen molar-refractivity contribution < 1.29 is 9.59 Å². The summed E-state index contributed by atoms with van der Waals surface area (Å²) in [5, 5.41) is 2.67. The number of hydrogen-bond donors (Lipinski definition) is 3. The van der Waals surface area contributed by atoms with Crippen molar-refractivity contribution in [2.75, 3.05) is 19.4 Å². The lowest BCUT2D eigenvalue weighted by Gasteiger charge is -2.13. The van der Waals surface area contributed by atoms with Crippen LogP contribution in [0.15, 0.2) is 24.3 Å². The van der Waals surface area contributed by atoms with Gasteiger partial charge in [-0.25, -0.2) is 0 Å². The summed E-state index contributed by atoms with van der Waals surface area (Å²) in [6.07, 6.45) is -0.163. The molecule has 0 saturated carbocycles. The van der Waals surface area contributed by atoms with Crippen LogP contribution in [-0.4, -0.2) is 36.9 Å². The second-order valence-corrected chi connectivity index (χ2v) is 4.70. The van der Waals surface area contributed by atoms with Gasteiger partial charge in [-0.1, -0.05) is 12.1 Å². The zero-order valence-electron chi connectivity index (χ0n) is 11.2. The maximum atomic E-state index is 11.7. The van der Waals surface area contributed by atoms with Crippen LogP contribution in [0.2, 0.25) is 0 Å². The smallest absolute Gasteiger partial charge is 0.241 e. The molecular formula is C13H20N4O2. The fourth-order valence-electron chi connectivity index (χ4n) is 1.66. The van der Waals surface area contributed by atoms with E-state index in [-0.39, 0.29) is 6.42 Å². The summed E-state index contributed by atoms with van der Waals surface area (Å²) in [7, 11) is 3.93. The SMILES string of the molecule is CN(C)Cc1cccc(NC(=O)C(N)CC(N)=O)c1. The first-order valence-electron chi connectivity index (χ1n) is 5.97. The Balaban J connectivity index is 2.66. The minimum atomic E-state index is -0.921. The summed E-state index contributed by atoms with van der Waals surface area (Å²) in [5.74, 6) is -1.01. The number of nitrogens with zero attached hydrogens (tertiary/aromatic N) is 1. The van der Waals surface area contributed by atoms with Crippen LogP contribution in [0.5, 0.6) is 0 Å². The van der Waals surface area contributed by atoms with E-state index in [9.17, 15) is 9.59 Å². The minimum Gasteiger partial charge on any atom is -0.370 e. The summed E-state index contributed by atoms with van der Waals surface area (Å²) in [4.78, 5) is 24.5. The zero-order valence-corrected chi connectivity index (χ0v) is 11.2. The quantitative estimate of drug-likeness (QED) is 0.667. The molecule has 5 N–H and O–H groups in total. The van der Waals surface area contributed by atoms with Crippen LogP contribution in [-0.2, 0) is 16.1 Å². The van der Waals surface area contributed by atoms with Crippen molar-refractivity contribution in [3.63, 3.8) is 0 Å². The van der Waals surface area contributed by atoms with Gasteiger partial charge < -0.3 is 21.7 Å². The van der Waals surface area contributed by atoms with E-state index < -0.39 is 17.9 Å². The number of rotatable bonds is 6. The van der Waals surface area contributed by atoms with Gasteiger partial charge in [0.1, 0.15) is 0 Å². The third-order valence-electron chi connectivity index (χ3n) is 2.45. The van der Waals surface area contributed by atoms with Crippen LogP contribution in [0.25, 0.3) is 0 Å². The molecule has 0 bridgehead atoms. The lowest BCUT2D eigenvalue weighted by Crippen LogP contribution is -2.39. The van der Waals surface area contributed by atoms with Gasteiger partial charge in [0.15, 0.2) is 0 Å². The predicted molar refractivity (Wildman–Crippen MR) is 74.2 cm³/mol. The van der Waals surface area contributed by atoms with Gasteiger partial charge >= 0.3 is 0 Å². The summed E-state index contributed by atoms with van der Waals surface area (Å²) in [6, 6.07) is 6.55. The van der Waals surface area contributed by atoms with E-state index in [1.807, 2.05) is 37.2 Å². The largest absolute Gasteiger partial charge is 0.370 e. The van der Waals surface area contributed by atoms with Gasteiger partial charge in [-0.2, -0.15) is 0 Å². The van der Waals surface area contributed by atoms with Crippen LogP contribution in [0, 0.1) is 0 Å². The predicted octanol–water partition coefficient (Wildman–Crippen LogP) is -0.111. The number of nitrogens with two attached hydrogens (primary N) is 2. The van der Waals surface area contributed by atoms with E-state index in [0.717, 1.165) is 12.1 Å². The van der Waals surface area contributed by atoms with E-state index in [2.05, 4.69) is 5.32 Å². The number of anilines is 1. The molecule has 0 aliphatic rings. The Labute approximate surface area is 112 Å². The van der Waals surface area contributed by atoms with Gasteiger partial charge in [-0.3, -0.25) is 9.59 Å². The highest BCUT2D eigenvalue weighted by atomic mass is 16.2. The molecule has 1 rings (SSSR count). The Morgan fingerprint density at radius 3 is 2.63 bits per heavy atom. The average molecular weight is 264 g/mol. The van der Waals surface area contributed by atoms with Gasteiger partial charge in [-0.15, -0.1) is 0 Å². The molecule has 1 unspecified atom stereocenters. The van der Waals surface area contributed by atoms with Crippen LogP contribution in [0.4, 0.5) is 5.69 Å². The van der Waals surface area contributed by atoms with Crippen LogP contribution < -0.4 is 16.8 Å². The highest BCUT2D eigenvalue weighted by molar-refractivity contribution is 5.97. The topological polar surface area (TPSA) is 101 Å². The molecule has 0 heterocycles. The van der Waals surface area contributed by atoms with Crippen molar-refractivity contribution in [3.8, 4) is 0 Å². The Hall–Kier alpha value is -1.92. The Bertz CT molecular complexity index is 460. The third kappa shape index (κ3) is 5.50. The molecule has 1 aromatic carbocycles. The van der Waals surface area contributed by atoms with Crippen LogP contribution >= 0.6 is 0 Å².